The molecule has 14 heteroatoms. The van der Waals surface area contributed by atoms with Gasteiger partial charge in [-0.2, -0.15) is 31.8 Å². The van der Waals surface area contributed by atoms with Gasteiger partial charge in [-0.1, -0.05) is 6.92 Å². The van der Waals surface area contributed by atoms with Gasteiger partial charge in [0.1, 0.15) is 17.2 Å². The Hall–Kier alpha value is -3.08. The summed E-state index contributed by atoms with van der Waals surface area (Å²) in [5.41, 5.74) is -7.91. The highest BCUT2D eigenvalue weighted by Crippen LogP contribution is 2.36. The summed E-state index contributed by atoms with van der Waals surface area (Å²) in [6, 6.07) is 1.81. The second-order valence-corrected chi connectivity index (χ2v) is 10.1. The van der Waals surface area contributed by atoms with Crippen LogP contribution in [-0.4, -0.2) is 54.6 Å². The normalized spacial score (nSPS) is 15.5. The Kier molecular flexibility index (Phi) is 7.71. The van der Waals surface area contributed by atoms with Crippen molar-refractivity contribution in [3.05, 3.63) is 16.7 Å². The number of nitrogens with zero attached hydrogens (tertiary/aromatic N) is 3. The predicted octanol–water partition coefficient (Wildman–Crippen LogP) is 3.00. The standard InChI is InChI=1S/C20H24F3N3O7S/c1-5-12-13(10-24)15(26-8-6-11(7-9-26)18(29)32-19(2,3)4)25-16(14(12)17(27)28)33-34(30,31)20(21,22)23/h11H,5-9H2,1-4H3,(H,27,28). The van der Waals surface area contributed by atoms with Gasteiger partial charge in [0.2, 0.25) is 5.88 Å². The van der Waals surface area contributed by atoms with Gasteiger partial charge in [-0.05, 0) is 45.6 Å². The monoisotopic (exact) mass is 507 g/mol. The maximum atomic E-state index is 12.9. The first kappa shape index (κ1) is 27.2. The third kappa shape index (κ3) is 5.88. The van der Waals surface area contributed by atoms with Crippen molar-refractivity contribution in [1.82, 2.24) is 4.98 Å². The summed E-state index contributed by atoms with van der Waals surface area (Å²) in [6.07, 6.45) is 0.401. The van der Waals surface area contributed by atoms with E-state index in [2.05, 4.69) is 9.17 Å². The van der Waals surface area contributed by atoms with E-state index in [1.165, 1.54) is 11.8 Å². The van der Waals surface area contributed by atoms with Gasteiger partial charge < -0.3 is 18.9 Å². The summed E-state index contributed by atoms with van der Waals surface area (Å²) >= 11 is 0. The number of carbonyl (C=O) groups is 2. The lowest BCUT2D eigenvalue weighted by molar-refractivity contribution is -0.160. The molecule has 0 saturated carbocycles. The number of alkyl halides is 3. The molecule has 188 valence electrons. The first-order valence-corrected chi connectivity index (χ1v) is 11.6. The second-order valence-electron chi connectivity index (χ2n) is 8.52. The van der Waals surface area contributed by atoms with E-state index in [-0.39, 0.29) is 49.3 Å². The van der Waals surface area contributed by atoms with Gasteiger partial charge in [-0.15, -0.1) is 0 Å². The fourth-order valence-electron chi connectivity index (χ4n) is 3.44. The zero-order valence-electron chi connectivity index (χ0n) is 18.9. The number of hydrogen-bond acceptors (Lipinski definition) is 9. The Morgan fingerprint density at radius 1 is 1.24 bits per heavy atom. The van der Waals surface area contributed by atoms with E-state index in [9.17, 15) is 41.5 Å². The van der Waals surface area contributed by atoms with Crippen LogP contribution in [0.25, 0.3) is 0 Å². The molecule has 1 aromatic heterocycles. The van der Waals surface area contributed by atoms with Crippen molar-refractivity contribution in [2.75, 3.05) is 18.0 Å². The molecule has 0 amide bonds. The van der Waals surface area contributed by atoms with E-state index in [4.69, 9.17) is 4.74 Å². The third-order valence-corrected chi connectivity index (χ3v) is 5.88. The van der Waals surface area contributed by atoms with Gasteiger partial charge in [0.05, 0.1) is 11.5 Å². The predicted molar refractivity (Wildman–Crippen MR) is 112 cm³/mol. The molecule has 0 radical (unpaired) electrons. The van der Waals surface area contributed by atoms with Crippen LogP contribution in [0, 0.1) is 17.2 Å². The van der Waals surface area contributed by atoms with Crippen molar-refractivity contribution in [2.24, 2.45) is 5.92 Å². The van der Waals surface area contributed by atoms with Crippen molar-refractivity contribution < 1.29 is 45.2 Å². The molecule has 10 nitrogen and oxygen atoms in total. The van der Waals surface area contributed by atoms with E-state index in [0.717, 1.165) is 0 Å². The molecule has 0 bridgehead atoms. The number of aromatic carboxylic acids is 1. The number of hydrogen-bond donors (Lipinski definition) is 1. The highest BCUT2D eigenvalue weighted by molar-refractivity contribution is 7.88. The largest absolute Gasteiger partial charge is 0.534 e. The number of aromatic nitrogens is 1. The van der Waals surface area contributed by atoms with Gasteiger partial charge in [0, 0.05) is 13.1 Å². The number of ether oxygens (including phenoxy) is 1. The highest BCUT2D eigenvalue weighted by atomic mass is 32.2. The Balaban J connectivity index is 2.50. The van der Waals surface area contributed by atoms with E-state index >= 15 is 0 Å². The van der Waals surface area contributed by atoms with Crippen molar-refractivity contribution in [3.63, 3.8) is 0 Å². The molecule has 1 aliphatic rings. The van der Waals surface area contributed by atoms with Crippen molar-refractivity contribution in [3.8, 4) is 11.9 Å². The summed E-state index contributed by atoms with van der Waals surface area (Å²) in [7, 11) is -6.22. The minimum absolute atomic E-state index is 0.128. The quantitative estimate of drug-likeness (QED) is 0.346. The van der Waals surface area contributed by atoms with Crippen molar-refractivity contribution in [1.29, 1.82) is 5.26 Å². The van der Waals surface area contributed by atoms with Crippen LogP contribution in [0.1, 0.15) is 62.0 Å². The first-order chi connectivity index (χ1) is 15.5. The third-order valence-electron chi connectivity index (χ3n) is 4.93. The summed E-state index contributed by atoms with van der Waals surface area (Å²) in [4.78, 5) is 29.3. The summed E-state index contributed by atoms with van der Waals surface area (Å²) < 4.78 is 71.2. The van der Waals surface area contributed by atoms with Crippen LogP contribution >= 0.6 is 0 Å². The van der Waals surface area contributed by atoms with Crippen molar-refractivity contribution >= 4 is 27.9 Å². The second kappa shape index (κ2) is 9.65. The topological polar surface area (TPSA) is 147 Å². The highest BCUT2D eigenvalue weighted by Gasteiger charge is 2.49. The summed E-state index contributed by atoms with van der Waals surface area (Å²) in [5, 5.41) is 19.2. The number of esters is 1. The van der Waals surface area contributed by atoms with E-state index in [1.807, 2.05) is 0 Å². The van der Waals surface area contributed by atoms with Crippen LogP contribution < -0.4 is 9.08 Å². The number of carbonyl (C=O) groups excluding carboxylic acids is 1. The van der Waals surface area contributed by atoms with Gasteiger partial charge in [0.25, 0.3) is 0 Å². The Labute approximate surface area is 194 Å². The number of nitriles is 1. The molecule has 0 atom stereocenters. The molecular weight excluding hydrogens is 483 g/mol. The first-order valence-electron chi connectivity index (χ1n) is 10.2. The molecule has 0 aromatic carbocycles. The Morgan fingerprint density at radius 2 is 1.79 bits per heavy atom. The summed E-state index contributed by atoms with van der Waals surface area (Å²) in [6.45, 7) is 6.87. The van der Waals surface area contributed by atoms with Gasteiger partial charge in [-0.25, -0.2) is 4.79 Å². The number of carboxylic acids is 1. The van der Waals surface area contributed by atoms with Crippen LogP contribution in [0.2, 0.25) is 0 Å². The molecule has 1 fully saturated rings. The molecule has 0 aliphatic carbocycles. The van der Waals surface area contributed by atoms with Gasteiger partial charge in [0.15, 0.2) is 5.82 Å². The average Bonchev–Trinajstić information content (AvgIpc) is 2.70. The lowest BCUT2D eigenvalue weighted by Crippen LogP contribution is -2.40. The Morgan fingerprint density at radius 3 is 2.21 bits per heavy atom. The van der Waals surface area contributed by atoms with E-state index < -0.39 is 50.5 Å². The SMILES string of the molecule is CCc1c(C#N)c(N2CCC(C(=O)OC(C)(C)C)CC2)nc(OS(=O)(=O)C(F)(F)F)c1C(=O)O. The molecule has 0 unspecified atom stereocenters. The molecular formula is C20H24F3N3O7S. The van der Waals surface area contributed by atoms with Crippen LogP contribution in [0.3, 0.4) is 0 Å². The van der Waals surface area contributed by atoms with Gasteiger partial charge >= 0.3 is 27.6 Å². The minimum atomic E-state index is -6.22. The van der Waals surface area contributed by atoms with Crippen LogP contribution in [0.15, 0.2) is 0 Å². The number of pyridine rings is 1. The molecule has 0 spiro atoms. The lowest BCUT2D eigenvalue weighted by atomic mass is 9.95. The van der Waals surface area contributed by atoms with Crippen LogP contribution in [0.5, 0.6) is 5.88 Å². The number of piperidine rings is 1. The number of rotatable bonds is 6. The number of anilines is 1. The molecule has 2 heterocycles. The van der Waals surface area contributed by atoms with Crippen LogP contribution in [-0.2, 0) is 26.1 Å². The maximum absolute atomic E-state index is 12.9. The zero-order chi connectivity index (χ0) is 26.1. The molecule has 1 aliphatic heterocycles. The molecule has 1 saturated heterocycles. The van der Waals surface area contributed by atoms with Crippen LogP contribution in [0.4, 0.5) is 19.0 Å². The molecule has 2 rings (SSSR count). The Bertz CT molecular complexity index is 1110. The fraction of sp³-hybridized carbons (Fsp3) is 0.600. The maximum Gasteiger partial charge on any atom is 0.534 e. The zero-order valence-corrected chi connectivity index (χ0v) is 19.7. The van der Waals surface area contributed by atoms with Gasteiger partial charge in [-0.3, -0.25) is 4.79 Å². The number of carboxylic acid groups (broad SMARTS) is 1. The summed E-state index contributed by atoms with van der Waals surface area (Å²) in [5.74, 6) is -4.20. The lowest BCUT2D eigenvalue weighted by Gasteiger charge is -2.34. The van der Waals surface area contributed by atoms with E-state index in [0.29, 0.717) is 0 Å². The average molecular weight is 507 g/mol. The van der Waals surface area contributed by atoms with Crippen molar-refractivity contribution in [2.45, 2.75) is 58.1 Å². The molecule has 1 aromatic rings. The smallest absolute Gasteiger partial charge is 0.477 e. The molecule has 34 heavy (non-hydrogen) atoms. The fourth-order valence-corrected chi connectivity index (χ4v) is 3.86. The minimum Gasteiger partial charge on any atom is -0.477 e. The molecule has 1 N–H and O–H groups in total. The number of halogens is 3. The van der Waals surface area contributed by atoms with E-state index in [1.54, 1.807) is 26.8 Å².